The fourth-order valence-electron chi connectivity index (χ4n) is 1.90. The molecule has 0 saturated carbocycles. The predicted molar refractivity (Wildman–Crippen MR) is 76.9 cm³/mol. The third kappa shape index (κ3) is 2.81. The molecule has 0 radical (unpaired) electrons. The summed E-state index contributed by atoms with van der Waals surface area (Å²) in [5.74, 6) is 0.382. The van der Waals surface area contributed by atoms with E-state index in [1.54, 1.807) is 31.2 Å². The van der Waals surface area contributed by atoms with Crippen molar-refractivity contribution in [3.05, 3.63) is 47.4 Å². The van der Waals surface area contributed by atoms with Crippen LogP contribution in [0.15, 0.2) is 40.1 Å². The van der Waals surface area contributed by atoms with Crippen LogP contribution < -0.4 is 15.8 Å². The highest BCUT2D eigenvalue weighted by atomic mass is 16.5. The van der Waals surface area contributed by atoms with Gasteiger partial charge in [0.15, 0.2) is 5.84 Å². The Balaban J connectivity index is 2.43. The average molecular weight is 289 g/mol. The first kappa shape index (κ1) is 14.4. The number of anilines is 1. The van der Waals surface area contributed by atoms with Crippen LogP contribution in [-0.4, -0.2) is 24.1 Å². The smallest absolute Gasteiger partial charge is 0.259 e. The summed E-state index contributed by atoms with van der Waals surface area (Å²) in [5, 5.41) is 14.5. The molecule has 7 nitrogen and oxygen atoms in total. The molecule has 0 atom stereocenters. The molecule has 2 rings (SSSR count). The molecule has 1 aromatic carbocycles. The molecule has 21 heavy (non-hydrogen) atoms. The van der Waals surface area contributed by atoms with Crippen molar-refractivity contribution in [3.63, 3.8) is 0 Å². The van der Waals surface area contributed by atoms with Gasteiger partial charge in [-0.15, -0.1) is 0 Å². The van der Waals surface area contributed by atoms with Crippen molar-refractivity contribution >= 4 is 17.4 Å². The molecule has 1 aromatic heterocycles. The molecule has 0 saturated heterocycles. The number of carbonyl (C=O) groups is 1. The van der Waals surface area contributed by atoms with E-state index >= 15 is 0 Å². The van der Waals surface area contributed by atoms with Gasteiger partial charge in [0.1, 0.15) is 11.5 Å². The fourth-order valence-corrected chi connectivity index (χ4v) is 1.90. The Morgan fingerprint density at radius 1 is 1.38 bits per heavy atom. The molecular weight excluding hydrogens is 274 g/mol. The summed E-state index contributed by atoms with van der Waals surface area (Å²) >= 11 is 0. The SMILES string of the molecule is COc1cccc(/C(N)=N/O)c1NC(=O)c1ccoc1C. The summed E-state index contributed by atoms with van der Waals surface area (Å²) in [5.41, 5.74) is 6.69. The molecule has 0 aliphatic heterocycles. The maximum absolute atomic E-state index is 12.3. The Labute approximate surface area is 121 Å². The molecule has 0 aliphatic rings. The number of furan rings is 1. The molecule has 0 fully saturated rings. The van der Waals surface area contributed by atoms with Gasteiger partial charge in [0.25, 0.3) is 5.91 Å². The van der Waals surface area contributed by atoms with Crippen molar-refractivity contribution in [2.45, 2.75) is 6.92 Å². The van der Waals surface area contributed by atoms with Crippen molar-refractivity contribution < 1.29 is 19.2 Å². The first-order valence-electron chi connectivity index (χ1n) is 6.08. The number of aryl methyl sites for hydroxylation is 1. The van der Waals surface area contributed by atoms with E-state index < -0.39 is 0 Å². The number of ether oxygens (including phenoxy) is 1. The lowest BCUT2D eigenvalue weighted by Gasteiger charge is -2.14. The molecule has 0 bridgehead atoms. The molecule has 4 N–H and O–H groups in total. The largest absolute Gasteiger partial charge is 0.495 e. The number of benzene rings is 1. The Bertz CT molecular complexity index is 691. The van der Waals surface area contributed by atoms with E-state index in [2.05, 4.69) is 10.5 Å². The molecule has 1 amide bonds. The lowest BCUT2D eigenvalue weighted by molar-refractivity contribution is 0.102. The molecule has 110 valence electrons. The van der Waals surface area contributed by atoms with Crippen molar-refractivity contribution in [2.24, 2.45) is 10.9 Å². The minimum absolute atomic E-state index is 0.131. The Morgan fingerprint density at radius 2 is 2.14 bits per heavy atom. The second-order valence-electron chi connectivity index (χ2n) is 4.21. The Hall–Kier alpha value is -2.96. The molecule has 0 unspecified atom stereocenters. The number of rotatable bonds is 4. The maximum Gasteiger partial charge on any atom is 0.259 e. The van der Waals surface area contributed by atoms with Gasteiger partial charge in [0.2, 0.25) is 0 Å². The monoisotopic (exact) mass is 289 g/mol. The molecule has 0 spiro atoms. The molecular formula is C14H15N3O4. The summed E-state index contributed by atoms with van der Waals surface area (Å²) in [6.45, 7) is 1.68. The van der Waals surface area contributed by atoms with Crippen LogP contribution in [0.3, 0.4) is 0 Å². The molecule has 1 heterocycles. The van der Waals surface area contributed by atoms with Crippen molar-refractivity contribution in [1.82, 2.24) is 0 Å². The highest BCUT2D eigenvalue weighted by Crippen LogP contribution is 2.29. The minimum atomic E-state index is -0.377. The number of oxime groups is 1. The summed E-state index contributed by atoms with van der Waals surface area (Å²) in [4.78, 5) is 12.3. The van der Waals surface area contributed by atoms with Gasteiger partial charge < -0.3 is 25.4 Å². The standard InChI is InChI=1S/C14H15N3O4/c1-8-9(6-7-21-8)14(18)16-12-10(13(15)17-19)4-3-5-11(12)20-2/h3-7,19H,1-2H3,(H2,15,17)(H,16,18). The number of hydrogen-bond donors (Lipinski definition) is 3. The topological polar surface area (TPSA) is 110 Å². The van der Waals surface area contributed by atoms with E-state index in [9.17, 15) is 4.79 Å². The summed E-state index contributed by atoms with van der Waals surface area (Å²) in [6, 6.07) is 6.50. The van der Waals surface area contributed by atoms with E-state index in [-0.39, 0.29) is 11.7 Å². The number of methoxy groups -OCH3 is 1. The highest BCUT2D eigenvalue weighted by Gasteiger charge is 2.18. The number of nitrogens with two attached hydrogens (primary N) is 1. The van der Waals surface area contributed by atoms with Crippen molar-refractivity contribution in [3.8, 4) is 5.75 Å². The van der Waals surface area contributed by atoms with Gasteiger partial charge in [-0.2, -0.15) is 0 Å². The van der Waals surface area contributed by atoms with Gasteiger partial charge in [-0.3, -0.25) is 4.79 Å². The van der Waals surface area contributed by atoms with Gasteiger partial charge in [-0.25, -0.2) is 0 Å². The first-order valence-corrected chi connectivity index (χ1v) is 6.08. The zero-order chi connectivity index (χ0) is 15.4. The van der Waals surface area contributed by atoms with Crippen LogP contribution in [0.4, 0.5) is 5.69 Å². The summed E-state index contributed by atoms with van der Waals surface area (Å²) < 4.78 is 10.3. The van der Waals surface area contributed by atoms with Gasteiger partial charge in [0.05, 0.1) is 24.6 Å². The zero-order valence-corrected chi connectivity index (χ0v) is 11.6. The van der Waals surface area contributed by atoms with E-state index in [0.717, 1.165) is 0 Å². The van der Waals surface area contributed by atoms with Crippen molar-refractivity contribution in [2.75, 3.05) is 12.4 Å². The third-order valence-electron chi connectivity index (χ3n) is 2.97. The average Bonchev–Trinajstić information content (AvgIpc) is 2.92. The van der Waals surface area contributed by atoms with Crippen molar-refractivity contribution in [1.29, 1.82) is 0 Å². The van der Waals surface area contributed by atoms with Crippen LogP contribution in [-0.2, 0) is 0 Å². The number of para-hydroxylation sites is 1. The van der Waals surface area contributed by atoms with Crippen LogP contribution in [0, 0.1) is 6.92 Å². The van der Waals surface area contributed by atoms with Gasteiger partial charge in [-0.1, -0.05) is 11.2 Å². The quantitative estimate of drug-likeness (QED) is 0.345. The van der Waals surface area contributed by atoms with Crippen LogP contribution in [0.2, 0.25) is 0 Å². The number of carbonyl (C=O) groups excluding carboxylic acids is 1. The predicted octanol–water partition coefficient (Wildman–Crippen LogP) is 1.94. The van der Waals surface area contributed by atoms with Crippen LogP contribution >= 0.6 is 0 Å². The second-order valence-corrected chi connectivity index (χ2v) is 4.21. The van der Waals surface area contributed by atoms with Gasteiger partial charge in [-0.05, 0) is 25.1 Å². The highest BCUT2D eigenvalue weighted by molar-refractivity contribution is 6.11. The van der Waals surface area contributed by atoms with E-state index in [4.69, 9.17) is 20.1 Å². The molecule has 2 aromatic rings. The lowest BCUT2D eigenvalue weighted by Crippen LogP contribution is -2.20. The van der Waals surface area contributed by atoms with E-state index in [1.165, 1.54) is 13.4 Å². The lowest BCUT2D eigenvalue weighted by atomic mass is 10.1. The van der Waals surface area contributed by atoms with Gasteiger partial charge >= 0.3 is 0 Å². The zero-order valence-electron chi connectivity index (χ0n) is 11.6. The number of nitrogens with one attached hydrogen (secondary N) is 1. The Morgan fingerprint density at radius 3 is 2.71 bits per heavy atom. The maximum atomic E-state index is 12.3. The molecule has 7 heteroatoms. The summed E-state index contributed by atoms with van der Waals surface area (Å²) in [7, 11) is 1.46. The van der Waals surface area contributed by atoms with Crippen LogP contribution in [0.1, 0.15) is 21.7 Å². The molecule has 0 aliphatic carbocycles. The van der Waals surface area contributed by atoms with Crippen LogP contribution in [0.5, 0.6) is 5.75 Å². The minimum Gasteiger partial charge on any atom is -0.495 e. The summed E-state index contributed by atoms with van der Waals surface area (Å²) in [6.07, 6.45) is 1.43. The van der Waals surface area contributed by atoms with Gasteiger partial charge in [0, 0.05) is 5.56 Å². The fraction of sp³-hybridized carbons (Fsp3) is 0.143. The second kappa shape index (κ2) is 6.00. The number of amides is 1. The number of nitrogens with zero attached hydrogens (tertiary/aromatic N) is 1. The Kier molecular flexibility index (Phi) is 4.13. The normalized spacial score (nSPS) is 11.2. The number of amidine groups is 1. The van der Waals surface area contributed by atoms with E-state index in [0.29, 0.717) is 28.3 Å². The first-order chi connectivity index (χ1) is 10.1. The third-order valence-corrected chi connectivity index (χ3v) is 2.97. The van der Waals surface area contributed by atoms with E-state index in [1.807, 2.05) is 0 Å². The number of hydrogen-bond acceptors (Lipinski definition) is 5. The van der Waals surface area contributed by atoms with Crippen LogP contribution in [0.25, 0.3) is 0 Å².